The van der Waals surface area contributed by atoms with E-state index in [0.29, 0.717) is 29.1 Å². The van der Waals surface area contributed by atoms with Crippen LogP contribution in [0.3, 0.4) is 0 Å². The largest absolute Gasteiger partial charge is 0.496 e. The van der Waals surface area contributed by atoms with Crippen molar-refractivity contribution in [1.82, 2.24) is 15.1 Å². The molecule has 0 saturated carbocycles. The summed E-state index contributed by atoms with van der Waals surface area (Å²) in [6, 6.07) is 16.7. The van der Waals surface area contributed by atoms with Crippen molar-refractivity contribution in [2.24, 2.45) is 7.05 Å². The van der Waals surface area contributed by atoms with Crippen LogP contribution in [0.2, 0.25) is 0 Å². The summed E-state index contributed by atoms with van der Waals surface area (Å²) < 4.78 is 6.99. The number of nitrogens with zero attached hydrogens (tertiary/aromatic N) is 3. The van der Waals surface area contributed by atoms with E-state index in [2.05, 4.69) is 16.5 Å². The minimum Gasteiger partial charge on any atom is -0.496 e. The number of hydrogen-bond acceptors (Lipinski definition) is 4. The van der Waals surface area contributed by atoms with Gasteiger partial charge in [0.15, 0.2) is 0 Å². The Balaban J connectivity index is 1.85. The monoisotopic (exact) mass is 346 g/mol. The first-order valence-corrected chi connectivity index (χ1v) is 8.06. The standard InChI is InChI=1S/C20H18N4O2/c1-24-13-17(19(23-24)16-8-3-4-9-18(16)26-2)20(25)22-12-15-7-5-6-14(10-15)11-21/h3-10,13H,12H2,1-2H3,(H,22,25). The lowest BCUT2D eigenvalue weighted by molar-refractivity contribution is 0.0951. The van der Waals surface area contributed by atoms with Gasteiger partial charge in [-0.2, -0.15) is 10.4 Å². The minimum atomic E-state index is -0.235. The highest BCUT2D eigenvalue weighted by atomic mass is 16.5. The molecule has 0 aliphatic heterocycles. The zero-order chi connectivity index (χ0) is 18.5. The van der Waals surface area contributed by atoms with Gasteiger partial charge in [-0.15, -0.1) is 0 Å². The predicted molar refractivity (Wildman–Crippen MR) is 97.5 cm³/mol. The fourth-order valence-corrected chi connectivity index (χ4v) is 2.72. The van der Waals surface area contributed by atoms with Crippen LogP contribution in [-0.2, 0) is 13.6 Å². The molecule has 0 saturated heterocycles. The molecule has 1 heterocycles. The summed E-state index contributed by atoms with van der Waals surface area (Å²) >= 11 is 0. The number of aryl methyl sites for hydroxylation is 1. The summed E-state index contributed by atoms with van der Waals surface area (Å²) in [4.78, 5) is 12.7. The number of nitrogens with one attached hydrogen (secondary N) is 1. The van der Waals surface area contributed by atoms with Crippen molar-refractivity contribution >= 4 is 5.91 Å². The van der Waals surface area contributed by atoms with E-state index in [4.69, 9.17) is 10.00 Å². The second-order valence-electron chi connectivity index (χ2n) is 5.76. The average molecular weight is 346 g/mol. The Bertz CT molecular complexity index is 985. The third-order valence-corrected chi connectivity index (χ3v) is 3.94. The van der Waals surface area contributed by atoms with Gasteiger partial charge in [0.05, 0.1) is 24.3 Å². The summed E-state index contributed by atoms with van der Waals surface area (Å²) in [7, 11) is 3.36. The van der Waals surface area contributed by atoms with E-state index >= 15 is 0 Å². The first-order valence-electron chi connectivity index (χ1n) is 8.06. The van der Waals surface area contributed by atoms with Gasteiger partial charge in [-0.1, -0.05) is 24.3 Å². The lowest BCUT2D eigenvalue weighted by Crippen LogP contribution is -2.23. The zero-order valence-corrected chi connectivity index (χ0v) is 14.6. The van der Waals surface area contributed by atoms with Gasteiger partial charge in [0.25, 0.3) is 5.91 Å². The van der Waals surface area contributed by atoms with Crippen LogP contribution < -0.4 is 10.1 Å². The Morgan fingerprint density at radius 3 is 2.85 bits per heavy atom. The van der Waals surface area contributed by atoms with E-state index in [-0.39, 0.29) is 5.91 Å². The Kier molecular flexibility index (Phi) is 4.99. The number of methoxy groups -OCH3 is 1. The smallest absolute Gasteiger partial charge is 0.255 e. The van der Waals surface area contributed by atoms with Crippen molar-refractivity contribution in [1.29, 1.82) is 5.26 Å². The second-order valence-corrected chi connectivity index (χ2v) is 5.76. The summed E-state index contributed by atoms with van der Waals surface area (Å²) in [6.07, 6.45) is 1.68. The number of aromatic nitrogens is 2. The van der Waals surface area contributed by atoms with Crippen molar-refractivity contribution < 1.29 is 9.53 Å². The van der Waals surface area contributed by atoms with Crippen LogP contribution in [0.5, 0.6) is 5.75 Å². The SMILES string of the molecule is COc1ccccc1-c1nn(C)cc1C(=O)NCc1cccc(C#N)c1. The highest BCUT2D eigenvalue weighted by Gasteiger charge is 2.19. The van der Waals surface area contributed by atoms with Gasteiger partial charge >= 0.3 is 0 Å². The fourth-order valence-electron chi connectivity index (χ4n) is 2.72. The Hall–Kier alpha value is -3.59. The Morgan fingerprint density at radius 2 is 2.08 bits per heavy atom. The Morgan fingerprint density at radius 1 is 1.27 bits per heavy atom. The highest BCUT2D eigenvalue weighted by molar-refractivity contribution is 6.00. The molecule has 6 nitrogen and oxygen atoms in total. The van der Waals surface area contributed by atoms with E-state index in [1.54, 1.807) is 43.2 Å². The number of ether oxygens (including phenoxy) is 1. The van der Waals surface area contributed by atoms with Gasteiger partial charge in [-0.25, -0.2) is 0 Å². The van der Waals surface area contributed by atoms with Gasteiger partial charge in [-0.3, -0.25) is 9.48 Å². The van der Waals surface area contributed by atoms with Gasteiger partial charge in [0, 0.05) is 25.4 Å². The van der Waals surface area contributed by atoms with Crippen molar-refractivity contribution in [2.75, 3.05) is 7.11 Å². The number of benzene rings is 2. The molecule has 1 aromatic heterocycles. The fraction of sp³-hybridized carbons (Fsp3) is 0.150. The molecule has 1 N–H and O–H groups in total. The lowest BCUT2D eigenvalue weighted by atomic mass is 10.1. The van der Waals surface area contributed by atoms with Crippen molar-refractivity contribution in [2.45, 2.75) is 6.54 Å². The van der Waals surface area contributed by atoms with Crippen LogP contribution in [0.4, 0.5) is 0 Å². The molecular weight excluding hydrogens is 328 g/mol. The van der Waals surface area contributed by atoms with Crippen LogP contribution in [-0.4, -0.2) is 22.8 Å². The molecule has 0 unspecified atom stereocenters. The molecule has 6 heteroatoms. The zero-order valence-electron chi connectivity index (χ0n) is 14.6. The summed E-state index contributed by atoms with van der Waals surface area (Å²) in [5, 5.41) is 16.3. The van der Waals surface area contributed by atoms with Crippen LogP contribution in [0.1, 0.15) is 21.5 Å². The molecule has 3 aromatic rings. The summed E-state index contributed by atoms with van der Waals surface area (Å²) in [6.45, 7) is 0.328. The van der Waals surface area contributed by atoms with Crippen LogP contribution in [0, 0.1) is 11.3 Å². The summed E-state index contributed by atoms with van der Waals surface area (Å²) in [5.74, 6) is 0.420. The number of amides is 1. The number of para-hydroxylation sites is 1. The van der Waals surface area contributed by atoms with Crippen molar-refractivity contribution in [3.8, 4) is 23.1 Å². The maximum absolute atomic E-state index is 12.7. The molecule has 0 aliphatic rings. The van der Waals surface area contributed by atoms with E-state index in [9.17, 15) is 4.79 Å². The average Bonchev–Trinajstić information content (AvgIpc) is 3.07. The molecule has 0 radical (unpaired) electrons. The maximum atomic E-state index is 12.7. The molecule has 0 atom stereocenters. The molecule has 3 rings (SSSR count). The molecule has 26 heavy (non-hydrogen) atoms. The minimum absolute atomic E-state index is 0.235. The topological polar surface area (TPSA) is 79.9 Å². The third kappa shape index (κ3) is 3.57. The van der Waals surface area contributed by atoms with Gasteiger partial charge in [0.1, 0.15) is 11.4 Å². The van der Waals surface area contributed by atoms with Crippen molar-refractivity contribution in [3.05, 3.63) is 71.4 Å². The Labute approximate surface area is 151 Å². The first-order chi connectivity index (χ1) is 12.6. The molecule has 1 amide bonds. The number of rotatable bonds is 5. The lowest BCUT2D eigenvalue weighted by Gasteiger charge is -2.09. The van der Waals surface area contributed by atoms with Crippen LogP contribution in [0.15, 0.2) is 54.7 Å². The normalized spacial score (nSPS) is 10.2. The molecular formula is C20H18N4O2. The number of hydrogen-bond donors (Lipinski definition) is 1. The van der Waals surface area contributed by atoms with Gasteiger partial charge in [0.2, 0.25) is 0 Å². The number of carbonyl (C=O) groups is 1. The first kappa shape index (κ1) is 17.2. The molecule has 2 aromatic carbocycles. The van der Waals surface area contributed by atoms with Crippen LogP contribution >= 0.6 is 0 Å². The van der Waals surface area contributed by atoms with E-state index in [1.165, 1.54) is 0 Å². The second kappa shape index (κ2) is 7.53. The van der Waals surface area contributed by atoms with Gasteiger partial charge in [-0.05, 0) is 29.8 Å². The maximum Gasteiger partial charge on any atom is 0.255 e. The van der Waals surface area contributed by atoms with E-state index < -0.39 is 0 Å². The molecule has 0 aliphatic carbocycles. The number of nitriles is 1. The third-order valence-electron chi connectivity index (χ3n) is 3.94. The van der Waals surface area contributed by atoms with Crippen LogP contribution in [0.25, 0.3) is 11.3 Å². The van der Waals surface area contributed by atoms with Gasteiger partial charge < -0.3 is 10.1 Å². The molecule has 130 valence electrons. The number of carbonyl (C=O) groups excluding carboxylic acids is 1. The predicted octanol–water partition coefficient (Wildman–Crippen LogP) is 2.90. The molecule has 0 bridgehead atoms. The quantitative estimate of drug-likeness (QED) is 0.770. The highest BCUT2D eigenvalue weighted by Crippen LogP contribution is 2.30. The summed E-state index contributed by atoms with van der Waals surface area (Å²) in [5.41, 5.74) is 3.21. The van der Waals surface area contributed by atoms with E-state index in [1.807, 2.05) is 30.3 Å². The van der Waals surface area contributed by atoms with E-state index in [0.717, 1.165) is 11.1 Å². The molecule has 0 spiro atoms. The van der Waals surface area contributed by atoms with Crippen molar-refractivity contribution in [3.63, 3.8) is 0 Å². The molecule has 0 fully saturated rings.